The van der Waals surface area contributed by atoms with Gasteiger partial charge >= 0.3 is 6.61 Å². The number of fused-ring (bicyclic) bond motifs is 2. The van der Waals surface area contributed by atoms with Crippen LogP contribution in [0.25, 0.3) is 0 Å². The summed E-state index contributed by atoms with van der Waals surface area (Å²) in [5.41, 5.74) is -1.32. The molecular formula is C18H23F3N2O4S. The van der Waals surface area contributed by atoms with E-state index in [9.17, 15) is 21.6 Å². The molecular weight excluding hydrogens is 397 g/mol. The first-order valence-electron chi connectivity index (χ1n) is 9.35. The first-order chi connectivity index (χ1) is 13.3. The largest absolute Gasteiger partial charge is 0.435 e. The minimum absolute atomic E-state index is 0.0618. The molecule has 0 radical (unpaired) electrons. The van der Waals surface area contributed by atoms with Crippen LogP contribution in [0.2, 0.25) is 0 Å². The molecule has 1 aromatic rings. The van der Waals surface area contributed by atoms with Gasteiger partial charge in [0.15, 0.2) is 5.67 Å². The number of hydrogen-bond donors (Lipinski definition) is 1. The molecule has 3 fully saturated rings. The third kappa shape index (κ3) is 3.87. The number of rotatable bonds is 7. The summed E-state index contributed by atoms with van der Waals surface area (Å²) in [6.07, 6.45) is 2.77. The quantitative estimate of drug-likeness (QED) is 0.733. The Labute approximate surface area is 162 Å². The molecule has 0 spiro atoms. The zero-order chi connectivity index (χ0) is 19.9. The van der Waals surface area contributed by atoms with Crippen LogP contribution in [0.15, 0.2) is 29.2 Å². The molecule has 0 aliphatic carbocycles. The number of alkyl halides is 3. The summed E-state index contributed by atoms with van der Waals surface area (Å²) < 4.78 is 75.6. The van der Waals surface area contributed by atoms with Gasteiger partial charge < -0.3 is 14.8 Å². The zero-order valence-electron chi connectivity index (χ0n) is 15.2. The van der Waals surface area contributed by atoms with Crippen LogP contribution >= 0.6 is 0 Å². The van der Waals surface area contributed by atoms with Gasteiger partial charge in [0.25, 0.3) is 0 Å². The summed E-state index contributed by atoms with van der Waals surface area (Å²) in [6, 6.07) is 4.82. The van der Waals surface area contributed by atoms with E-state index in [2.05, 4.69) is 10.1 Å². The fourth-order valence-corrected chi connectivity index (χ4v) is 6.25. The topological polar surface area (TPSA) is 67.9 Å². The molecule has 1 N–H and O–H groups in total. The summed E-state index contributed by atoms with van der Waals surface area (Å²) in [5, 5.41) is 3.24. The van der Waals surface area contributed by atoms with Crippen LogP contribution in [-0.4, -0.2) is 62.9 Å². The lowest BCUT2D eigenvalue weighted by molar-refractivity contribution is -0.128. The number of nitrogens with one attached hydrogen (secondary N) is 1. The highest BCUT2D eigenvalue weighted by atomic mass is 32.2. The molecule has 0 saturated carbocycles. The Kier molecular flexibility index (Phi) is 5.32. The second-order valence-electron chi connectivity index (χ2n) is 7.76. The highest BCUT2D eigenvalue weighted by Gasteiger charge is 2.48. The van der Waals surface area contributed by atoms with E-state index in [1.54, 1.807) is 4.31 Å². The fraction of sp³-hybridized carbons (Fsp3) is 0.667. The Morgan fingerprint density at radius 3 is 2.29 bits per heavy atom. The van der Waals surface area contributed by atoms with E-state index in [0.717, 1.165) is 12.8 Å². The first-order valence-corrected chi connectivity index (χ1v) is 10.8. The first kappa shape index (κ1) is 19.9. The van der Waals surface area contributed by atoms with Gasteiger partial charge in [-0.05, 0) is 49.9 Å². The van der Waals surface area contributed by atoms with Crippen LogP contribution < -0.4 is 10.1 Å². The van der Waals surface area contributed by atoms with E-state index in [-0.39, 0.29) is 48.5 Å². The Bertz CT molecular complexity index is 788. The number of hydrogen-bond acceptors (Lipinski definition) is 5. The van der Waals surface area contributed by atoms with E-state index in [4.69, 9.17) is 4.74 Å². The summed E-state index contributed by atoms with van der Waals surface area (Å²) in [5.74, 6) is -0.0834. The third-order valence-electron chi connectivity index (χ3n) is 5.72. The lowest BCUT2D eigenvalue weighted by atomic mass is 9.98. The average molecular weight is 420 g/mol. The smallest absolute Gasteiger partial charge is 0.387 e. The monoisotopic (exact) mass is 420 g/mol. The molecule has 156 valence electrons. The van der Waals surface area contributed by atoms with Gasteiger partial charge in [-0.2, -0.15) is 13.1 Å². The van der Waals surface area contributed by atoms with Crippen LogP contribution in [0.4, 0.5) is 13.2 Å². The van der Waals surface area contributed by atoms with Crippen molar-refractivity contribution in [3.8, 4) is 5.75 Å². The number of sulfonamides is 1. The Morgan fingerprint density at radius 2 is 1.79 bits per heavy atom. The summed E-state index contributed by atoms with van der Waals surface area (Å²) in [7, 11) is -3.73. The fourth-order valence-electron chi connectivity index (χ4n) is 4.36. The van der Waals surface area contributed by atoms with Crippen molar-refractivity contribution in [2.75, 3.05) is 19.8 Å². The molecule has 3 heterocycles. The standard InChI is InChI=1S/C18H23F3N2O4S/c19-17(20)27-15-3-5-16(6-4-15)28(24,25)23-13-1-2-14(23)8-12(7-13)22-9-18(21)10-26-11-18/h3-6,12-14,17,22H,1-2,7-11H2/t12-,13+,14-. The minimum Gasteiger partial charge on any atom is -0.435 e. The number of nitrogens with zero attached hydrogens (tertiary/aromatic N) is 1. The van der Waals surface area contributed by atoms with Crippen LogP contribution in [0.5, 0.6) is 5.75 Å². The SMILES string of the molecule is O=S(=O)(c1ccc(OC(F)F)cc1)N1[C@@H]2CC[C@H]1C[C@@H](NCC1(F)COC1)C2. The van der Waals surface area contributed by atoms with Crippen LogP contribution in [-0.2, 0) is 14.8 Å². The van der Waals surface area contributed by atoms with E-state index >= 15 is 0 Å². The Balaban J connectivity index is 1.43. The molecule has 6 nitrogen and oxygen atoms in total. The Morgan fingerprint density at radius 1 is 1.18 bits per heavy atom. The number of halogens is 3. The number of ether oxygens (including phenoxy) is 2. The molecule has 2 bridgehead atoms. The minimum atomic E-state index is -3.73. The van der Waals surface area contributed by atoms with Crippen molar-refractivity contribution in [1.29, 1.82) is 0 Å². The average Bonchev–Trinajstić information content (AvgIpc) is 2.90. The van der Waals surface area contributed by atoms with Crippen LogP contribution in [0.1, 0.15) is 25.7 Å². The third-order valence-corrected chi connectivity index (χ3v) is 7.74. The highest BCUT2D eigenvalue weighted by molar-refractivity contribution is 7.89. The summed E-state index contributed by atoms with van der Waals surface area (Å²) in [6.45, 7) is -2.54. The van der Waals surface area contributed by atoms with E-state index in [1.165, 1.54) is 24.3 Å². The maximum Gasteiger partial charge on any atom is 0.387 e. The van der Waals surface area contributed by atoms with Gasteiger partial charge in [-0.25, -0.2) is 12.8 Å². The van der Waals surface area contributed by atoms with Crippen molar-refractivity contribution < 1.29 is 31.1 Å². The van der Waals surface area contributed by atoms with Crippen molar-refractivity contribution in [2.24, 2.45) is 0 Å². The van der Waals surface area contributed by atoms with E-state index in [1.807, 2.05) is 0 Å². The van der Waals surface area contributed by atoms with Crippen molar-refractivity contribution >= 4 is 10.0 Å². The van der Waals surface area contributed by atoms with Crippen LogP contribution in [0, 0.1) is 0 Å². The number of piperidine rings is 1. The van der Waals surface area contributed by atoms with Crippen LogP contribution in [0.3, 0.4) is 0 Å². The van der Waals surface area contributed by atoms with Gasteiger partial charge in [-0.3, -0.25) is 0 Å². The summed E-state index contributed by atoms with van der Waals surface area (Å²) in [4.78, 5) is 0.0618. The van der Waals surface area contributed by atoms with Gasteiger partial charge in [0, 0.05) is 24.7 Å². The lowest BCUT2D eigenvalue weighted by Gasteiger charge is -2.40. The summed E-state index contributed by atoms with van der Waals surface area (Å²) >= 11 is 0. The van der Waals surface area contributed by atoms with Gasteiger partial charge in [-0.1, -0.05) is 0 Å². The zero-order valence-corrected chi connectivity index (χ0v) is 16.0. The molecule has 3 aliphatic rings. The highest BCUT2D eigenvalue weighted by Crippen LogP contribution is 2.40. The molecule has 28 heavy (non-hydrogen) atoms. The molecule has 1 aromatic carbocycles. The predicted octanol–water partition coefficient (Wildman–Crippen LogP) is 2.30. The maximum absolute atomic E-state index is 14.1. The molecule has 3 aliphatic heterocycles. The van der Waals surface area contributed by atoms with Gasteiger partial charge in [-0.15, -0.1) is 0 Å². The molecule has 3 atom stereocenters. The lowest BCUT2D eigenvalue weighted by Crippen LogP contribution is -2.57. The maximum atomic E-state index is 14.1. The normalized spacial score (nSPS) is 29.6. The molecule has 0 unspecified atom stereocenters. The van der Waals surface area contributed by atoms with Crippen molar-refractivity contribution in [3.05, 3.63) is 24.3 Å². The number of benzene rings is 1. The molecule has 10 heteroatoms. The second kappa shape index (κ2) is 7.47. The molecule has 0 amide bonds. The predicted molar refractivity (Wildman–Crippen MR) is 94.6 cm³/mol. The van der Waals surface area contributed by atoms with E-state index in [0.29, 0.717) is 12.8 Å². The van der Waals surface area contributed by atoms with Crippen molar-refractivity contribution in [1.82, 2.24) is 9.62 Å². The molecule has 3 saturated heterocycles. The van der Waals surface area contributed by atoms with Gasteiger partial charge in [0.2, 0.25) is 10.0 Å². The van der Waals surface area contributed by atoms with Crippen molar-refractivity contribution in [2.45, 2.75) is 61.0 Å². The molecule has 0 aromatic heterocycles. The molecule has 4 rings (SSSR count). The van der Waals surface area contributed by atoms with Gasteiger partial charge in [0.05, 0.1) is 18.1 Å². The van der Waals surface area contributed by atoms with Crippen molar-refractivity contribution in [3.63, 3.8) is 0 Å². The van der Waals surface area contributed by atoms with E-state index < -0.39 is 22.3 Å². The second-order valence-corrected chi connectivity index (χ2v) is 9.61. The Hall–Kier alpha value is -1.36. The van der Waals surface area contributed by atoms with Gasteiger partial charge in [0.1, 0.15) is 5.75 Å².